The molecule has 1 N–H and O–H groups in total. The van der Waals surface area contributed by atoms with E-state index in [1.54, 1.807) is 0 Å². The van der Waals surface area contributed by atoms with Crippen molar-refractivity contribution in [2.24, 2.45) is 0 Å². The van der Waals surface area contributed by atoms with Gasteiger partial charge < -0.3 is 9.84 Å². The third kappa shape index (κ3) is 3.59. The van der Waals surface area contributed by atoms with Crippen molar-refractivity contribution in [1.82, 2.24) is 0 Å². The van der Waals surface area contributed by atoms with Gasteiger partial charge in [-0.2, -0.15) is 0 Å². The van der Waals surface area contributed by atoms with Gasteiger partial charge in [0.2, 0.25) is 5.78 Å². The first kappa shape index (κ1) is 15.9. The van der Waals surface area contributed by atoms with Gasteiger partial charge in [-0.1, -0.05) is 11.6 Å². The molecule has 0 saturated carbocycles. The number of benzene rings is 2. The maximum atomic E-state index is 13.4. The van der Waals surface area contributed by atoms with Crippen LogP contribution in [-0.4, -0.2) is 23.5 Å². The van der Waals surface area contributed by atoms with E-state index in [-0.39, 0.29) is 16.3 Å². The van der Waals surface area contributed by atoms with Gasteiger partial charge in [0.1, 0.15) is 22.9 Å². The minimum atomic E-state index is -1.01. The molecule has 22 heavy (non-hydrogen) atoms. The van der Waals surface area contributed by atoms with E-state index in [1.165, 1.54) is 12.1 Å². The van der Waals surface area contributed by atoms with Crippen LogP contribution in [0.25, 0.3) is 0 Å². The molecule has 0 unspecified atom stereocenters. The molecule has 114 valence electrons. The predicted octanol–water partition coefficient (Wildman–Crippen LogP) is 3.36. The number of halogens is 3. The first-order chi connectivity index (χ1) is 10.4. The highest BCUT2D eigenvalue weighted by molar-refractivity contribution is 6.31. The lowest BCUT2D eigenvalue weighted by molar-refractivity contribution is 0.0470. The number of rotatable bonds is 4. The average molecular weight is 327 g/mol. The quantitative estimate of drug-likeness (QED) is 0.691. The highest BCUT2D eigenvalue weighted by Crippen LogP contribution is 2.22. The van der Waals surface area contributed by atoms with Gasteiger partial charge in [-0.15, -0.1) is 0 Å². The zero-order valence-electron chi connectivity index (χ0n) is 11.0. The van der Waals surface area contributed by atoms with Crippen molar-refractivity contribution >= 4 is 23.4 Å². The minimum absolute atomic E-state index is 0.187. The predicted molar refractivity (Wildman–Crippen MR) is 74.1 cm³/mol. The first-order valence-electron chi connectivity index (χ1n) is 6.02. The second kappa shape index (κ2) is 6.53. The van der Waals surface area contributed by atoms with Crippen LogP contribution in [0.2, 0.25) is 5.02 Å². The molecule has 0 saturated heterocycles. The van der Waals surface area contributed by atoms with Crippen molar-refractivity contribution in [1.29, 1.82) is 0 Å². The summed E-state index contributed by atoms with van der Waals surface area (Å²) in [7, 11) is 0. The molecular weight excluding hydrogens is 318 g/mol. The molecule has 0 bridgehead atoms. The molecule has 0 aromatic heterocycles. The number of hydrogen-bond donors (Lipinski definition) is 1. The smallest absolute Gasteiger partial charge is 0.342 e. The average Bonchev–Trinajstić information content (AvgIpc) is 2.49. The number of carbonyl (C=O) groups is 2. The summed E-state index contributed by atoms with van der Waals surface area (Å²) < 4.78 is 31.1. The molecular formula is C15H9ClF2O4. The summed E-state index contributed by atoms with van der Waals surface area (Å²) >= 11 is 5.68. The Kier molecular flexibility index (Phi) is 4.72. The van der Waals surface area contributed by atoms with Crippen LogP contribution >= 0.6 is 11.6 Å². The molecule has 0 aliphatic heterocycles. The Bertz CT molecular complexity index is 683. The Balaban J connectivity index is 2.09. The van der Waals surface area contributed by atoms with E-state index in [2.05, 4.69) is 4.74 Å². The fourth-order valence-electron chi connectivity index (χ4n) is 1.67. The summed E-state index contributed by atoms with van der Waals surface area (Å²) in [5.41, 5.74) is -0.761. The zero-order valence-corrected chi connectivity index (χ0v) is 11.7. The van der Waals surface area contributed by atoms with Gasteiger partial charge in [0.25, 0.3) is 0 Å². The molecule has 0 radical (unpaired) electrons. The second-order valence-corrected chi connectivity index (χ2v) is 4.72. The molecule has 2 aromatic carbocycles. The first-order valence-corrected chi connectivity index (χ1v) is 6.40. The van der Waals surface area contributed by atoms with E-state index in [4.69, 9.17) is 11.6 Å². The van der Waals surface area contributed by atoms with Gasteiger partial charge >= 0.3 is 5.97 Å². The molecule has 0 aliphatic carbocycles. The third-order valence-corrected chi connectivity index (χ3v) is 2.98. The number of hydrogen-bond acceptors (Lipinski definition) is 4. The van der Waals surface area contributed by atoms with Crippen LogP contribution in [0.4, 0.5) is 8.78 Å². The number of carbonyl (C=O) groups excluding carboxylic acids is 2. The second-order valence-electron chi connectivity index (χ2n) is 4.28. The van der Waals surface area contributed by atoms with Gasteiger partial charge in [0.05, 0.1) is 5.56 Å². The zero-order chi connectivity index (χ0) is 16.3. The molecule has 0 spiro atoms. The molecule has 0 atom stereocenters. The highest BCUT2D eigenvalue weighted by Gasteiger charge is 2.18. The van der Waals surface area contributed by atoms with E-state index in [9.17, 15) is 23.5 Å². The number of ketones is 1. The number of phenolic OH excluding ortho intramolecular Hbond substituents is 1. The summed E-state index contributed by atoms with van der Waals surface area (Å²) in [5.74, 6) is -4.01. The van der Waals surface area contributed by atoms with Crippen LogP contribution < -0.4 is 0 Å². The highest BCUT2D eigenvalue weighted by atomic mass is 35.5. The van der Waals surface area contributed by atoms with Crippen LogP contribution in [-0.2, 0) is 4.74 Å². The molecule has 4 nitrogen and oxygen atoms in total. The molecule has 7 heteroatoms. The maximum Gasteiger partial charge on any atom is 0.342 e. The molecule has 0 aliphatic rings. The number of esters is 1. The summed E-state index contributed by atoms with van der Waals surface area (Å²) in [5, 5.41) is 9.70. The van der Waals surface area contributed by atoms with Crippen molar-refractivity contribution in [3.05, 3.63) is 64.2 Å². The largest absolute Gasteiger partial charge is 0.507 e. The maximum absolute atomic E-state index is 13.4. The van der Waals surface area contributed by atoms with E-state index in [0.717, 1.165) is 18.2 Å². The van der Waals surface area contributed by atoms with Gasteiger partial charge in [0.15, 0.2) is 6.61 Å². The number of phenols is 1. The van der Waals surface area contributed by atoms with Crippen molar-refractivity contribution < 1.29 is 28.2 Å². The van der Waals surface area contributed by atoms with Gasteiger partial charge in [-0.3, -0.25) is 4.79 Å². The Labute approximate surface area is 128 Å². The SMILES string of the molecule is O=C(OCC(=O)c1cc(F)ccc1F)c1cc(Cl)ccc1O. The van der Waals surface area contributed by atoms with Crippen molar-refractivity contribution in [3.8, 4) is 5.75 Å². The Morgan fingerprint density at radius 3 is 2.55 bits per heavy atom. The van der Waals surface area contributed by atoms with Gasteiger partial charge in [-0.05, 0) is 36.4 Å². The van der Waals surface area contributed by atoms with Crippen LogP contribution in [0.5, 0.6) is 5.75 Å². The molecule has 0 amide bonds. The normalized spacial score (nSPS) is 10.3. The number of Topliss-reactive ketones (excluding diaryl/α,β-unsaturated/α-hetero) is 1. The van der Waals surface area contributed by atoms with E-state index in [1.807, 2.05) is 0 Å². The molecule has 2 rings (SSSR count). The van der Waals surface area contributed by atoms with Crippen LogP contribution in [0.3, 0.4) is 0 Å². The van der Waals surface area contributed by atoms with Crippen molar-refractivity contribution in [2.75, 3.05) is 6.61 Å². The minimum Gasteiger partial charge on any atom is -0.507 e. The fourth-order valence-corrected chi connectivity index (χ4v) is 1.84. The van der Waals surface area contributed by atoms with Crippen molar-refractivity contribution in [2.45, 2.75) is 0 Å². The van der Waals surface area contributed by atoms with Gasteiger partial charge in [-0.25, -0.2) is 13.6 Å². The van der Waals surface area contributed by atoms with E-state index < -0.39 is 35.6 Å². The summed E-state index contributed by atoms with van der Waals surface area (Å²) in [4.78, 5) is 23.5. The van der Waals surface area contributed by atoms with Crippen LogP contribution in [0.1, 0.15) is 20.7 Å². The van der Waals surface area contributed by atoms with E-state index >= 15 is 0 Å². The molecule has 2 aromatic rings. The summed E-state index contributed by atoms with van der Waals surface area (Å²) in [6.07, 6.45) is 0. The third-order valence-electron chi connectivity index (χ3n) is 2.74. The topological polar surface area (TPSA) is 63.6 Å². The Morgan fingerprint density at radius 1 is 1.09 bits per heavy atom. The van der Waals surface area contributed by atoms with Crippen molar-refractivity contribution in [3.63, 3.8) is 0 Å². The summed E-state index contributed by atoms with van der Waals surface area (Å²) in [6.45, 7) is -0.800. The van der Waals surface area contributed by atoms with Crippen LogP contribution in [0, 0.1) is 11.6 Å². The number of ether oxygens (including phenoxy) is 1. The fraction of sp³-hybridized carbons (Fsp3) is 0.0667. The Morgan fingerprint density at radius 2 is 1.82 bits per heavy atom. The van der Waals surface area contributed by atoms with Crippen LogP contribution in [0.15, 0.2) is 36.4 Å². The van der Waals surface area contributed by atoms with Gasteiger partial charge in [0, 0.05) is 5.02 Å². The molecule has 0 fully saturated rings. The molecule has 0 heterocycles. The Hall–Kier alpha value is -2.47. The summed E-state index contributed by atoms with van der Waals surface area (Å²) in [6, 6.07) is 6.08. The van der Waals surface area contributed by atoms with E-state index in [0.29, 0.717) is 6.07 Å². The lowest BCUT2D eigenvalue weighted by Crippen LogP contribution is -2.15. The monoisotopic (exact) mass is 326 g/mol. The lowest BCUT2D eigenvalue weighted by Gasteiger charge is -2.07. The standard InChI is InChI=1S/C15H9ClF2O4/c16-8-1-4-13(19)11(5-8)15(21)22-7-14(20)10-6-9(17)2-3-12(10)18/h1-6,19H,7H2. The lowest BCUT2D eigenvalue weighted by atomic mass is 10.1. The number of aromatic hydroxyl groups is 1.